The Morgan fingerprint density at radius 3 is 1.27 bits per heavy atom. The van der Waals surface area contributed by atoms with Crippen molar-refractivity contribution in [3.63, 3.8) is 0 Å². The zero-order valence-electron chi connectivity index (χ0n) is 50.1. The van der Waals surface area contributed by atoms with Crippen molar-refractivity contribution in [1.82, 2.24) is 0 Å². The van der Waals surface area contributed by atoms with Crippen LogP contribution in [0.3, 0.4) is 0 Å². The number of aliphatic hydroxyl groups excluding tert-OH is 2. The van der Waals surface area contributed by atoms with Crippen LogP contribution < -0.4 is 0 Å². The summed E-state index contributed by atoms with van der Waals surface area (Å²) in [5, 5.41) is 31.5. The predicted octanol–water partition coefficient (Wildman–Crippen LogP) is 16.9. The largest absolute Gasteiger partial charge is 0.479 e. The van der Waals surface area contributed by atoms with E-state index >= 15 is 0 Å². The van der Waals surface area contributed by atoms with Gasteiger partial charge < -0.3 is 39.0 Å². The topological polar surface area (TPSA) is 175 Å². The van der Waals surface area contributed by atoms with E-state index < -0.39 is 67.3 Å². The van der Waals surface area contributed by atoms with Gasteiger partial charge in [0.1, 0.15) is 18.8 Å². The summed E-state index contributed by atoms with van der Waals surface area (Å²) in [6.07, 6.45) is 57.3. The highest BCUT2D eigenvalue weighted by molar-refractivity contribution is 5.74. The Morgan fingerprint density at radius 1 is 0.430 bits per heavy atom. The van der Waals surface area contributed by atoms with Crippen molar-refractivity contribution in [1.29, 1.82) is 0 Å². The van der Waals surface area contributed by atoms with E-state index in [9.17, 15) is 34.5 Å². The molecule has 1 aliphatic heterocycles. The van der Waals surface area contributed by atoms with Crippen LogP contribution in [0.2, 0.25) is 0 Å². The third-order valence-corrected chi connectivity index (χ3v) is 14.2. The molecule has 12 heteroatoms. The highest BCUT2D eigenvalue weighted by Gasteiger charge is 2.50. The molecule has 1 rings (SSSR count). The number of rotatable bonds is 54. The summed E-state index contributed by atoms with van der Waals surface area (Å²) >= 11 is 0. The zero-order valence-corrected chi connectivity index (χ0v) is 50.1. The lowest BCUT2D eigenvalue weighted by Crippen LogP contribution is -2.61. The van der Waals surface area contributed by atoms with E-state index in [1.54, 1.807) is 0 Å². The lowest BCUT2D eigenvalue weighted by molar-refractivity contribution is -0.301. The lowest BCUT2D eigenvalue weighted by atomic mass is 9.98. The number of carboxylic acids is 1. The molecule has 0 aliphatic carbocycles. The van der Waals surface area contributed by atoms with Crippen LogP contribution in [-0.2, 0) is 42.9 Å². The molecule has 0 aromatic heterocycles. The average Bonchev–Trinajstić information content (AvgIpc) is 3.47. The van der Waals surface area contributed by atoms with Gasteiger partial charge in [-0.3, -0.25) is 14.4 Å². The second-order valence-electron chi connectivity index (χ2n) is 21.7. The van der Waals surface area contributed by atoms with Gasteiger partial charge in [-0.05, 0) is 103 Å². The Labute approximate surface area is 480 Å². The summed E-state index contributed by atoms with van der Waals surface area (Å²) in [4.78, 5) is 51.2. The minimum atomic E-state index is -1.91. The summed E-state index contributed by atoms with van der Waals surface area (Å²) < 4.78 is 28.5. The number of esters is 3. The smallest absolute Gasteiger partial charge is 0.335 e. The molecule has 1 aliphatic rings. The first-order valence-electron chi connectivity index (χ1n) is 31.9. The number of carbonyl (C=O) groups excluding carboxylic acids is 3. The third kappa shape index (κ3) is 44.5. The van der Waals surface area contributed by atoms with E-state index in [1.807, 2.05) is 0 Å². The number of unbranched alkanes of at least 4 members (excludes halogenated alkanes) is 28. The van der Waals surface area contributed by atoms with Gasteiger partial charge in [-0.15, -0.1) is 0 Å². The van der Waals surface area contributed by atoms with Crippen molar-refractivity contribution in [2.75, 3.05) is 13.2 Å². The number of hydrogen-bond acceptors (Lipinski definition) is 11. The van der Waals surface area contributed by atoms with Gasteiger partial charge in [0, 0.05) is 19.3 Å². The molecule has 1 heterocycles. The van der Waals surface area contributed by atoms with Gasteiger partial charge in [0.05, 0.1) is 6.61 Å². The summed E-state index contributed by atoms with van der Waals surface area (Å²) in [6, 6.07) is 0. The van der Waals surface area contributed by atoms with E-state index in [-0.39, 0.29) is 25.9 Å². The van der Waals surface area contributed by atoms with Gasteiger partial charge >= 0.3 is 23.9 Å². The van der Waals surface area contributed by atoms with Crippen molar-refractivity contribution < 1.29 is 58.2 Å². The molecule has 0 amide bonds. The summed E-state index contributed by atoms with van der Waals surface area (Å²) in [5.41, 5.74) is 0. The molecule has 0 radical (unpaired) electrons. The van der Waals surface area contributed by atoms with Gasteiger partial charge in [-0.2, -0.15) is 0 Å². The predicted molar refractivity (Wildman–Crippen MR) is 322 cm³/mol. The molecule has 79 heavy (non-hydrogen) atoms. The minimum absolute atomic E-state index is 0.0473. The maximum atomic E-state index is 13.2. The molecule has 0 saturated carbocycles. The maximum Gasteiger partial charge on any atom is 0.335 e. The van der Waals surface area contributed by atoms with Crippen molar-refractivity contribution in [3.8, 4) is 0 Å². The van der Waals surface area contributed by atoms with Crippen molar-refractivity contribution in [2.24, 2.45) is 0 Å². The Balaban J connectivity index is 2.66. The van der Waals surface area contributed by atoms with Gasteiger partial charge in [0.15, 0.2) is 24.6 Å². The molecule has 12 nitrogen and oxygen atoms in total. The molecule has 0 aromatic carbocycles. The highest BCUT2D eigenvalue weighted by atomic mass is 16.7. The van der Waals surface area contributed by atoms with Gasteiger partial charge in [-0.25, -0.2) is 4.79 Å². The first-order chi connectivity index (χ1) is 38.6. The fourth-order valence-electron chi connectivity index (χ4n) is 9.34. The minimum Gasteiger partial charge on any atom is -0.479 e. The molecule has 6 atom stereocenters. The third-order valence-electron chi connectivity index (χ3n) is 14.2. The van der Waals surface area contributed by atoms with E-state index in [2.05, 4.69) is 93.7 Å². The zero-order chi connectivity index (χ0) is 57.5. The number of allylic oxidation sites excluding steroid dienone is 12. The monoisotopic (exact) mass is 1110 g/mol. The van der Waals surface area contributed by atoms with Gasteiger partial charge in [0.2, 0.25) is 0 Å². The lowest BCUT2D eigenvalue weighted by Gasteiger charge is -2.40. The highest BCUT2D eigenvalue weighted by Crippen LogP contribution is 2.26. The summed E-state index contributed by atoms with van der Waals surface area (Å²) in [6.45, 7) is 5.84. The fourth-order valence-corrected chi connectivity index (χ4v) is 9.34. The molecule has 0 spiro atoms. The molecule has 1 fully saturated rings. The second kappa shape index (κ2) is 54.7. The molecule has 0 bridgehead atoms. The quantitative estimate of drug-likeness (QED) is 0.0228. The van der Waals surface area contributed by atoms with Crippen molar-refractivity contribution in [2.45, 2.75) is 314 Å². The summed E-state index contributed by atoms with van der Waals surface area (Å²) in [7, 11) is 0. The molecular weight excluding hydrogens is 997 g/mol. The van der Waals surface area contributed by atoms with Crippen LogP contribution in [0, 0.1) is 0 Å². The number of aliphatic carboxylic acids is 1. The summed E-state index contributed by atoms with van der Waals surface area (Å²) in [5.74, 6) is -3.14. The van der Waals surface area contributed by atoms with Crippen LogP contribution in [0.5, 0.6) is 0 Å². The van der Waals surface area contributed by atoms with Gasteiger partial charge in [0.25, 0.3) is 0 Å². The van der Waals surface area contributed by atoms with Crippen LogP contribution in [0.1, 0.15) is 278 Å². The maximum absolute atomic E-state index is 13.2. The Bertz CT molecular complexity index is 1650. The number of carboxylic acid groups (broad SMARTS) is 1. The Kier molecular flexibility index (Phi) is 50.7. The molecule has 1 saturated heterocycles. The number of aliphatic hydroxyl groups is 2. The van der Waals surface area contributed by atoms with E-state index in [0.717, 1.165) is 128 Å². The van der Waals surface area contributed by atoms with Crippen LogP contribution in [0.15, 0.2) is 72.9 Å². The first-order valence-corrected chi connectivity index (χ1v) is 31.9. The van der Waals surface area contributed by atoms with Crippen LogP contribution in [0.25, 0.3) is 0 Å². The van der Waals surface area contributed by atoms with E-state index in [1.165, 1.54) is 89.9 Å². The van der Waals surface area contributed by atoms with Crippen molar-refractivity contribution in [3.05, 3.63) is 72.9 Å². The van der Waals surface area contributed by atoms with E-state index in [0.29, 0.717) is 19.3 Å². The molecular formula is C67H114O12. The first kappa shape index (κ1) is 73.2. The average molecular weight is 1110 g/mol. The number of hydrogen-bond donors (Lipinski definition) is 3. The number of ether oxygens (including phenoxy) is 5. The van der Waals surface area contributed by atoms with Crippen LogP contribution in [-0.4, -0.2) is 89.2 Å². The van der Waals surface area contributed by atoms with Crippen LogP contribution >= 0.6 is 0 Å². The number of carbonyl (C=O) groups is 4. The Morgan fingerprint density at radius 2 is 0.810 bits per heavy atom. The van der Waals surface area contributed by atoms with E-state index in [4.69, 9.17) is 23.7 Å². The molecule has 3 N–H and O–H groups in total. The second-order valence-corrected chi connectivity index (χ2v) is 21.7. The SMILES string of the molecule is CC/C=C\C/C=C\C/C=C\C/C=C\CCCCCCCCC(=O)OCC(COC1OC(C(=O)O)C(O)C(O)C1OC(=O)CCCCCCC/C=C\CCCC)OC(=O)CCCCCCCCCCC/C=C\CCCCCCCC. The normalized spacial score (nSPS) is 18.3. The standard InChI is InChI=1S/C67H114O12/c1-4-7-10-13-16-19-22-24-26-28-30-32-34-36-39-41-44-47-50-53-59(68)75-56-58(77-60(69)54-51-48-45-43-40-37-35-33-31-29-27-25-23-20-17-14-11-8-5-2)57-76-67-65(63(72)62(71)64(79-67)66(73)74)78-61(70)55-52-49-46-42-38-21-18-15-12-9-6-3/h7,10,15-16,18-19,24-27,30,32,58,62-65,67,71-72H,4-6,8-9,11-14,17,20-23,28-29,31,33-57H2,1-3H3,(H,73,74)/b10-7-,18-15-,19-16-,26-24-,27-25-,32-30-. The molecule has 454 valence electrons. The Hall–Kier alpha value is -3.84. The fraction of sp³-hybridized carbons (Fsp3) is 0.761. The van der Waals surface area contributed by atoms with Crippen molar-refractivity contribution >= 4 is 23.9 Å². The van der Waals surface area contributed by atoms with Gasteiger partial charge in [-0.1, -0.05) is 229 Å². The molecule has 6 unspecified atom stereocenters. The molecule has 0 aromatic rings. The van der Waals surface area contributed by atoms with Crippen LogP contribution in [0.4, 0.5) is 0 Å².